The predicted octanol–water partition coefficient (Wildman–Crippen LogP) is 1.65. The van der Waals surface area contributed by atoms with Crippen molar-refractivity contribution in [1.82, 2.24) is 4.98 Å². The monoisotopic (exact) mass is 276 g/mol. The molecule has 0 saturated heterocycles. The fourth-order valence-electron chi connectivity index (χ4n) is 0.865. The first-order valence-corrected chi connectivity index (χ1v) is 6.12. The van der Waals surface area contributed by atoms with Crippen molar-refractivity contribution in [2.75, 3.05) is 12.3 Å². The summed E-state index contributed by atoms with van der Waals surface area (Å²) < 4.78 is 0.976. The van der Waals surface area contributed by atoms with Gasteiger partial charge in [-0.2, -0.15) is 0 Å². The summed E-state index contributed by atoms with van der Waals surface area (Å²) in [5.74, 6) is 0.840. The smallest absolute Gasteiger partial charge is 0.0960 e. The standard InChI is InChI=1S/C9H13BrN2OS/c10-7-1-2-9(12-6-7)14-4-3-8(13)5-11/h1-2,6,8,13H,3-5,11H2. The second-order valence-corrected chi connectivity index (χ2v) is 4.87. The van der Waals surface area contributed by atoms with Crippen molar-refractivity contribution in [2.24, 2.45) is 5.73 Å². The van der Waals surface area contributed by atoms with Crippen LogP contribution in [-0.4, -0.2) is 28.5 Å². The topological polar surface area (TPSA) is 59.1 Å². The summed E-state index contributed by atoms with van der Waals surface area (Å²) in [6.07, 6.45) is 2.08. The summed E-state index contributed by atoms with van der Waals surface area (Å²) in [7, 11) is 0. The lowest BCUT2D eigenvalue weighted by molar-refractivity contribution is 0.180. The molecule has 0 bridgehead atoms. The minimum Gasteiger partial charge on any atom is -0.392 e. The lowest BCUT2D eigenvalue weighted by Crippen LogP contribution is -2.20. The summed E-state index contributed by atoms with van der Waals surface area (Å²) in [5.41, 5.74) is 5.29. The molecule has 0 radical (unpaired) electrons. The fourth-order valence-corrected chi connectivity index (χ4v) is 1.99. The lowest BCUT2D eigenvalue weighted by atomic mass is 10.3. The molecule has 3 nitrogen and oxygen atoms in total. The van der Waals surface area contributed by atoms with Crippen LogP contribution in [0.1, 0.15) is 6.42 Å². The fraction of sp³-hybridized carbons (Fsp3) is 0.444. The zero-order valence-corrected chi connectivity index (χ0v) is 10.1. The van der Waals surface area contributed by atoms with E-state index in [0.29, 0.717) is 13.0 Å². The summed E-state index contributed by atoms with van der Waals surface area (Å²) >= 11 is 4.95. The van der Waals surface area contributed by atoms with Gasteiger partial charge in [-0.1, -0.05) is 0 Å². The van der Waals surface area contributed by atoms with Crippen LogP contribution in [0.2, 0.25) is 0 Å². The van der Waals surface area contributed by atoms with E-state index in [1.807, 2.05) is 12.1 Å². The Kier molecular flexibility index (Phi) is 5.47. The third-order valence-electron chi connectivity index (χ3n) is 1.67. The third-order valence-corrected chi connectivity index (χ3v) is 3.12. The van der Waals surface area contributed by atoms with Gasteiger partial charge in [-0.3, -0.25) is 0 Å². The summed E-state index contributed by atoms with van der Waals surface area (Å²) in [6.45, 7) is 0.328. The van der Waals surface area contributed by atoms with Gasteiger partial charge >= 0.3 is 0 Å². The van der Waals surface area contributed by atoms with Gasteiger partial charge in [0.1, 0.15) is 0 Å². The first-order chi connectivity index (χ1) is 6.72. The van der Waals surface area contributed by atoms with Crippen molar-refractivity contribution in [3.05, 3.63) is 22.8 Å². The predicted molar refractivity (Wildman–Crippen MR) is 62.3 cm³/mol. The quantitative estimate of drug-likeness (QED) is 0.803. The highest BCUT2D eigenvalue weighted by Crippen LogP contribution is 2.18. The molecule has 0 aliphatic carbocycles. The molecule has 1 aromatic rings. The number of rotatable bonds is 5. The van der Waals surface area contributed by atoms with Crippen LogP contribution in [0, 0.1) is 0 Å². The maximum atomic E-state index is 9.21. The number of pyridine rings is 1. The van der Waals surface area contributed by atoms with E-state index >= 15 is 0 Å². The molecular weight excluding hydrogens is 264 g/mol. The Hall–Kier alpha value is -0.100. The Morgan fingerprint density at radius 2 is 2.36 bits per heavy atom. The van der Waals surface area contributed by atoms with Gasteiger partial charge in [0.15, 0.2) is 0 Å². The molecule has 1 rings (SSSR count). The summed E-state index contributed by atoms with van der Waals surface area (Å²) in [4.78, 5) is 4.20. The molecule has 0 aromatic carbocycles. The largest absolute Gasteiger partial charge is 0.392 e. The molecule has 14 heavy (non-hydrogen) atoms. The van der Waals surface area contributed by atoms with Crippen molar-refractivity contribution < 1.29 is 5.11 Å². The Morgan fingerprint density at radius 3 is 2.93 bits per heavy atom. The van der Waals surface area contributed by atoms with Crippen molar-refractivity contribution >= 4 is 27.7 Å². The first kappa shape index (κ1) is 12.0. The molecule has 0 saturated carbocycles. The average Bonchev–Trinajstić information content (AvgIpc) is 2.21. The second-order valence-electron chi connectivity index (χ2n) is 2.84. The zero-order valence-electron chi connectivity index (χ0n) is 7.69. The van der Waals surface area contributed by atoms with Crippen LogP contribution in [-0.2, 0) is 0 Å². The highest BCUT2D eigenvalue weighted by atomic mass is 79.9. The van der Waals surface area contributed by atoms with Gasteiger partial charge in [-0.05, 0) is 34.5 Å². The second kappa shape index (κ2) is 6.40. The van der Waals surface area contributed by atoms with Crippen LogP contribution >= 0.6 is 27.7 Å². The van der Waals surface area contributed by atoms with E-state index < -0.39 is 6.10 Å². The zero-order chi connectivity index (χ0) is 10.4. The van der Waals surface area contributed by atoms with Gasteiger partial charge in [-0.25, -0.2) is 4.98 Å². The number of aromatic nitrogens is 1. The van der Waals surface area contributed by atoms with E-state index in [4.69, 9.17) is 5.73 Å². The Bertz CT molecular complexity index is 268. The first-order valence-electron chi connectivity index (χ1n) is 4.35. The number of nitrogens with two attached hydrogens (primary N) is 1. The maximum Gasteiger partial charge on any atom is 0.0960 e. The minimum atomic E-state index is -0.391. The number of hydrogen-bond donors (Lipinski definition) is 2. The molecule has 78 valence electrons. The Morgan fingerprint density at radius 1 is 1.57 bits per heavy atom. The molecule has 0 aliphatic heterocycles. The maximum absolute atomic E-state index is 9.21. The van der Waals surface area contributed by atoms with Gasteiger partial charge in [-0.15, -0.1) is 11.8 Å². The van der Waals surface area contributed by atoms with Gasteiger partial charge in [0.2, 0.25) is 0 Å². The molecule has 1 heterocycles. The SMILES string of the molecule is NCC(O)CCSc1ccc(Br)cn1. The lowest BCUT2D eigenvalue weighted by Gasteiger charge is -2.06. The van der Waals surface area contributed by atoms with Gasteiger partial charge in [0, 0.05) is 23.0 Å². The van der Waals surface area contributed by atoms with E-state index in [1.165, 1.54) is 0 Å². The number of aliphatic hydroxyl groups is 1. The van der Waals surface area contributed by atoms with Crippen LogP contribution < -0.4 is 5.73 Å². The molecule has 0 fully saturated rings. The highest BCUT2D eigenvalue weighted by molar-refractivity contribution is 9.10. The Labute approximate surface area is 96.2 Å². The Balaban J connectivity index is 2.28. The van der Waals surface area contributed by atoms with Crippen LogP contribution in [0.25, 0.3) is 0 Å². The van der Waals surface area contributed by atoms with E-state index in [2.05, 4.69) is 20.9 Å². The van der Waals surface area contributed by atoms with Crippen LogP contribution in [0.3, 0.4) is 0 Å². The molecule has 1 aromatic heterocycles. The summed E-state index contributed by atoms with van der Waals surface area (Å²) in [6, 6.07) is 3.90. The van der Waals surface area contributed by atoms with Crippen molar-refractivity contribution in [3.63, 3.8) is 0 Å². The summed E-state index contributed by atoms with van der Waals surface area (Å²) in [5, 5.41) is 10.2. The van der Waals surface area contributed by atoms with Gasteiger partial charge in [0.25, 0.3) is 0 Å². The molecule has 0 aliphatic rings. The van der Waals surface area contributed by atoms with Crippen molar-refractivity contribution in [1.29, 1.82) is 0 Å². The molecule has 1 unspecified atom stereocenters. The van der Waals surface area contributed by atoms with E-state index in [-0.39, 0.29) is 0 Å². The van der Waals surface area contributed by atoms with E-state index in [0.717, 1.165) is 15.3 Å². The molecule has 3 N–H and O–H groups in total. The molecule has 0 spiro atoms. The molecule has 1 atom stereocenters. The molecule has 0 amide bonds. The number of thioether (sulfide) groups is 1. The minimum absolute atomic E-state index is 0.328. The van der Waals surface area contributed by atoms with Crippen LogP contribution in [0.4, 0.5) is 0 Å². The molecule has 5 heteroatoms. The van der Waals surface area contributed by atoms with Crippen LogP contribution in [0.15, 0.2) is 27.8 Å². The highest BCUT2D eigenvalue weighted by Gasteiger charge is 2.01. The van der Waals surface area contributed by atoms with Crippen LogP contribution in [0.5, 0.6) is 0 Å². The number of hydrogen-bond acceptors (Lipinski definition) is 4. The van der Waals surface area contributed by atoms with Gasteiger partial charge in [0.05, 0.1) is 11.1 Å². The van der Waals surface area contributed by atoms with E-state index in [9.17, 15) is 5.11 Å². The average molecular weight is 277 g/mol. The molecular formula is C9H13BrN2OS. The normalized spacial score (nSPS) is 12.8. The van der Waals surface area contributed by atoms with Gasteiger partial charge < -0.3 is 10.8 Å². The van der Waals surface area contributed by atoms with Crippen molar-refractivity contribution in [2.45, 2.75) is 17.6 Å². The number of aliphatic hydroxyl groups excluding tert-OH is 1. The van der Waals surface area contributed by atoms with Crippen molar-refractivity contribution in [3.8, 4) is 0 Å². The third kappa shape index (κ3) is 4.41. The number of nitrogens with zero attached hydrogens (tertiary/aromatic N) is 1. The van der Waals surface area contributed by atoms with E-state index in [1.54, 1.807) is 18.0 Å². The number of halogens is 1.